The molecule has 0 bridgehead atoms. The number of fused-ring (bicyclic) bond motifs is 1. The predicted octanol–water partition coefficient (Wildman–Crippen LogP) is 5.15. The summed E-state index contributed by atoms with van der Waals surface area (Å²) in [5.41, 5.74) is 2.42. The Labute approximate surface area is 194 Å². The second-order valence-electron chi connectivity index (χ2n) is 7.42. The summed E-state index contributed by atoms with van der Waals surface area (Å²) >= 11 is 0. The summed E-state index contributed by atoms with van der Waals surface area (Å²) in [6.45, 7) is 5.99. The monoisotopic (exact) mass is 457 g/mol. The lowest BCUT2D eigenvalue weighted by atomic mass is 9.99. The number of carboxylic acids is 1. The number of aromatic carboxylic acids is 1. The highest BCUT2D eigenvalue weighted by molar-refractivity contribution is 5.87. The van der Waals surface area contributed by atoms with Crippen LogP contribution >= 0.6 is 0 Å². The van der Waals surface area contributed by atoms with Gasteiger partial charge in [0.25, 0.3) is 5.56 Å². The fourth-order valence-electron chi connectivity index (χ4n) is 3.61. The minimum Gasteiger partial charge on any atom is -0.478 e. The molecule has 2 aromatic carbocycles. The highest BCUT2D eigenvalue weighted by atomic mass is 19.1. The molecule has 7 nitrogen and oxygen atoms in total. The van der Waals surface area contributed by atoms with Crippen LogP contribution in [0, 0.1) is 5.82 Å². The Morgan fingerprint density at radius 3 is 2.65 bits per heavy atom. The van der Waals surface area contributed by atoms with Crippen LogP contribution < -0.4 is 10.3 Å². The molecule has 2 heterocycles. The summed E-state index contributed by atoms with van der Waals surface area (Å²) in [6, 6.07) is 10.6. The van der Waals surface area contributed by atoms with Gasteiger partial charge in [0.1, 0.15) is 11.6 Å². The number of hydrogen-bond acceptors (Lipinski definition) is 5. The number of carboxylic acid groups (broad SMARTS) is 1. The molecule has 0 unspecified atom stereocenters. The van der Waals surface area contributed by atoms with Gasteiger partial charge in [0.2, 0.25) is 5.88 Å². The predicted molar refractivity (Wildman–Crippen MR) is 128 cm³/mol. The van der Waals surface area contributed by atoms with E-state index in [9.17, 15) is 14.0 Å². The summed E-state index contributed by atoms with van der Waals surface area (Å²) < 4.78 is 21.5. The van der Waals surface area contributed by atoms with Gasteiger partial charge in [0.15, 0.2) is 0 Å². The lowest BCUT2D eigenvalue weighted by Crippen LogP contribution is -2.14. The van der Waals surface area contributed by atoms with Crippen molar-refractivity contribution < 1.29 is 19.0 Å². The van der Waals surface area contributed by atoms with Crippen molar-refractivity contribution in [1.82, 2.24) is 14.5 Å². The number of benzene rings is 2. The molecule has 0 aliphatic carbocycles. The molecular weight excluding hydrogens is 437 g/mol. The Morgan fingerprint density at radius 2 is 1.97 bits per heavy atom. The van der Waals surface area contributed by atoms with Crippen molar-refractivity contribution in [2.24, 2.45) is 0 Å². The molecular formula is C26H20FN3O4. The maximum atomic E-state index is 14.1. The van der Waals surface area contributed by atoms with Gasteiger partial charge in [0, 0.05) is 12.3 Å². The second-order valence-corrected chi connectivity index (χ2v) is 7.42. The Bertz CT molecular complexity index is 1490. The number of hydrogen-bond donors (Lipinski definition) is 1. The molecule has 4 rings (SSSR count). The van der Waals surface area contributed by atoms with Crippen LogP contribution in [0.5, 0.6) is 11.6 Å². The van der Waals surface area contributed by atoms with Crippen molar-refractivity contribution in [3.63, 3.8) is 0 Å². The molecule has 0 spiro atoms. The number of halogens is 1. The van der Waals surface area contributed by atoms with E-state index in [2.05, 4.69) is 16.5 Å². The topological polar surface area (TPSA) is 94.3 Å². The van der Waals surface area contributed by atoms with Gasteiger partial charge in [-0.05, 0) is 60.0 Å². The Kier molecular flexibility index (Phi) is 6.31. The molecule has 0 aliphatic rings. The van der Waals surface area contributed by atoms with Crippen molar-refractivity contribution in [3.05, 3.63) is 106 Å². The molecule has 34 heavy (non-hydrogen) atoms. The van der Waals surface area contributed by atoms with Crippen LogP contribution in [-0.4, -0.2) is 25.6 Å². The van der Waals surface area contributed by atoms with Gasteiger partial charge in [-0.3, -0.25) is 4.79 Å². The zero-order chi connectivity index (χ0) is 24.2. The first-order valence-electron chi connectivity index (χ1n) is 10.3. The number of nitrogens with zero attached hydrogens (tertiary/aromatic N) is 3. The minimum absolute atomic E-state index is 0.0370. The summed E-state index contributed by atoms with van der Waals surface area (Å²) in [4.78, 5) is 31.4. The van der Waals surface area contributed by atoms with E-state index in [0.29, 0.717) is 34.3 Å². The third kappa shape index (κ3) is 4.61. The van der Waals surface area contributed by atoms with Gasteiger partial charge in [-0.25, -0.2) is 14.2 Å². The lowest BCUT2D eigenvalue weighted by Gasteiger charge is -2.15. The molecule has 4 aromatic rings. The number of pyridine rings is 1. The molecule has 2 aromatic heterocycles. The van der Waals surface area contributed by atoms with Gasteiger partial charge in [-0.15, -0.1) is 0 Å². The largest absolute Gasteiger partial charge is 0.478 e. The number of carbonyl (C=O) groups is 1. The van der Waals surface area contributed by atoms with E-state index in [1.165, 1.54) is 36.8 Å². The van der Waals surface area contributed by atoms with Crippen LogP contribution in [0.25, 0.3) is 23.1 Å². The smallest absolute Gasteiger partial charge is 0.337 e. The van der Waals surface area contributed by atoms with Gasteiger partial charge >= 0.3 is 5.97 Å². The van der Waals surface area contributed by atoms with E-state index in [-0.39, 0.29) is 17.3 Å². The van der Waals surface area contributed by atoms with Crippen molar-refractivity contribution >= 4 is 29.0 Å². The lowest BCUT2D eigenvalue weighted by molar-refractivity contribution is 0.0696. The summed E-state index contributed by atoms with van der Waals surface area (Å²) in [7, 11) is 0. The Hall–Kier alpha value is -4.59. The Balaban J connectivity index is 1.73. The van der Waals surface area contributed by atoms with Crippen LogP contribution in [-0.2, 0) is 6.54 Å². The zero-order valence-electron chi connectivity index (χ0n) is 18.2. The molecule has 0 saturated heterocycles. The zero-order valence-corrected chi connectivity index (χ0v) is 18.2. The SMILES string of the molecule is C=Cc1cc(F)cc(C=CC)c1Cn1cnc(=O)c2cc(Oc3ccc(C(=O)O)cn3)ccc21. The Morgan fingerprint density at radius 1 is 1.18 bits per heavy atom. The quantitative estimate of drug-likeness (QED) is 0.413. The number of ether oxygens (including phenoxy) is 1. The maximum Gasteiger partial charge on any atom is 0.337 e. The average molecular weight is 457 g/mol. The molecule has 8 heteroatoms. The molecule has 0 aliphatic heterocycles. The summed E-state index contributed by atoms with van der Waals surface area (Å²) in [5, 5.41) is 9.32. The molecule has 1 N–H and O–H groups in total. The van der Waals surface area contributed by atoms with E-state index < -0.39 is 11.5 Å². The first-order chi connectivity index (χ1) is 16.4. The maximum absolute atomic E-state index is 14.1. The fraction of sp³-hybridized carbons (Fsp3) is 0.0769. The highest BCUT2D eigenvalue weighted by Crippen LogP contribution is 2.26. The van der Waals surface area contributed by atoms with Crippen molar-refractivity contribution in [2.45, 2.75) is 13.5 Å². The summed E-state index contributed by atoms with van der Waals surface area (Å²) in [5.74, 6) is -0.912. The second kappa shape index (κ2) is 9.50. The van der Waals surface area contributed by atoms with E-state index in [1.54, 1.807) is 28.8 Å². The van der Waals surface area contributed by atoms with Crippen LogP contribution in [0.3, 0.4) is 0 Å². The van der Waals surface area contributed by atoms with Crippen molar-refractivity contribution in [2.75, 3.05) is 0 Å². The van der Waals surface area contributed by atoms with Crippen LogP contribution in [0.15, 0.2) is 72.4 Å². The van der Waals surface area contributed by atoms with Crippen molar-refractivity contribution in [1.29, 1.82) is 0 Å². The highest BCUT2D eigenvalue weighted by Gasteiger charge is 2.12. The first kappa shape index (κ1) is 22.6. The van der Waals surface area contributed by atoms with Gasteiger partial charge < -0.3 is 14.4 Å². The third-order valence-corrected chi connectivity index (χ3v) is 5.21. The van der Waals surface area contributed by atoms with Gasteiger partial charge in [-0.2, -0.15) is 4.98 Å². The van der Waals surface area contributed by atoms with E-state index >= 15 is 0 Å². The van der Waals surface area contributed by atoms with E-state index in [1.807, 2.05) is 19.1 Å². The van der Waals surface area contributed by atoms with Gasteiger partial charge in [0.05, 0.1) is 29.3 Å². The van der Waals surface area contributed by atoms with Crippen LogP contribution in [0.4, 0.5) is 4.39 Å². The van der Waals surface area contributed by atoms with Crippen LogP contribution in [0.2, 0.25) is 0 Å². The normalized spacial score (nSPS) is 11.1. The summed E-state index contributed by atoms with van der Waals surface area (Å²) in [6.07, 6.45) is 7.88. The number of rotatable bonds is 7. The first-order valence-corrected chi connectivity index (χ1v) is 10.3. The molecule has 0 atom stereocenters. The molecule has 0 saturated carbocycles. The standard InChI is InChI=1S/C26H20FN3O4/c1-3-5-17-11-19(27)10-16(4-2)22(17)14-30-15-29-25(31)21-12-20(7-8-23(21)30)34-24-9-6-18(13-28-24)26(32)33/h3-13,15H,2,14H2,1H3,(H,32,33). The van der Waals surface area contributed by atoms with Crippen molar-refractivity contribution in [3.8, 4) is 11.6 Å². The molecule has 0 radical (unpaired) electrons. The minimum atomic E-state index is -1.09. The molecule has 170 valence electrons. The number of aromatic nitrogens is 3. The molecule has 0 fully saturated rings. The molecule has 0 amide bonds. The average Bonchev–Trinajstić information content (AvgIpc) is 2.82. The van der Waals surface area contributed by atoms with E-state index in [0.717, 1.165) is 5.56 Å². The van der Waals surface area contributed by atoms with Gasteiger partial charge in [-0.1, -0.05) is 24.8 Å². The number of allylic oxidation sites excluding steroid dienone is 1. The van der Waals surface area contributed by atoms with Crippen LogP contribution in [0.1, 0.15) is 34.0 Å². The van der Waals surface area contributed by atoms with E-state index in [4.69, 9.17) is 9.84 Å². The fourth-order valence-corrected chi connectivity index (χ4v) is 3.61. The third-order valence-electron chi connectivity index (χ3n) is 5.21.